The van der Waals surface area contributed by atoms with Crippen LogP contribution in [0.15, 0.2) is 11.3 Å². The van der Waals surface area contributed by atoms with Crippen molar-refractivity contribution in [2.24, 2.45) is 0 Å². The Hall–Kier alpha value is 1.18. The zero-order valence-corrected chi connectivity index (χ0v) is 8.65. The van der Waals surface area contributed by atoms with Gasteiger partial charge in [-0.25, -0.2) is 0 Å². The molecule has 1 rings (SSSR count). The molecule has 0 heterocycles. The molecule has 40 valence electrons. The summed E-state index contributed by atoms with van der Waals surface area (Å²) in [6.45, 7) is 1.93. The first kappa shape index (κ1) is 9.18. The molecule has 0 N–H and O–H groups in total. The van der Waals surface area contributed by atoms with Gasteiger partial charge in [-0.15, -0.1) is 5.76 Å². The maximum Gasteiger partial charge on any atom is 1.00 e. The second-order valence-corrected chi connectivity index (χ2v) is 2.06. The molecule has 0 radical (unpaired) electrons. The van der Waals surface area contributed by atoms with Crippen molar-refractivity contribution in [3.63, 3.8) is 0 Å². The third kappa shape index (κ3) is 2.19. The molecule has 0 saturated heterocycles. The molecule has 0 aromatic carbocycles. The van der Waals surface area contributed by atoms with Gasteiger partial charge in [-0.1, -0.05) is 5.57 Å². The molecule has 1 nitrogen and oxygen atoms in total. The van der Waals surface area contributed by atoms with Crippen molar-refractivity contribution in [1.82, 2.24) is 0 Å². The van der Waals surface area contributed by atoms with E-state index in [1.807, 2.05) is 6.92 Å². The van der Waals surface area contributed by atoms with Crippen LogP contribution >= 0.6 is 0 Å². The molecule has 0 aliphatic heterocycles. The van der Waals surface area contributed by atoms with Gasteiger partial charge in [-0.2, -0.15) is 0 Å². The molecule has 0 fully saturated rings. The monoisotopic (exact) mass is 136 g/mol. The van der Waals surface area contributed by atoms with Crippen LogP contribution < -0.4 is 56.5 Å². The summed E-state index contributed by atoms with van der Waals surface area (Å²) in [5.74, 6) is 0.375. The average Bonchev–Trinajstić information content (AvgIpc) is 1.91. The van der Waals surface area contributed by atoms with Crippen molar-refractivity contribution in [3.8, 4) is 0 Å². The van der Waals surface area contributed by atoms with Crippen LogP contribution in [0, 0.1) is 0 Å². The van der Waals surface area contributed by atoms with Crippen molar-refractivity contribution in [1.29, 1.82) is 0 Å². The van der Waals surface area contributed by atoms with E-state index in [9.17, 15) is 5.11 Å². The first-order valence-electron chi connectivity index (χ1n) is 2.66. The molecule has 1 aliphatic carbocycles. The van der Waals surface area contributed by atoms with Gasteiger partial charge >= 0.3 is 51.4 Å². The summed E-state index contributed by atoms with van der Waals surface area (Å²) in [6, 6.07) is 0. The molecule has 0 amide bonds. The van der Waals surface area contributed by atoms with E-state index in [0.717, 1.165) is 24.8 Å². The first-order valence-corrected chi connectivity index (χ1v) is 2.66. The van der Waals surface area contributed by atoms with Crippen LogP contribution in [0.4, 0.5) is 0 Å². The second kappa shape index (κ2) is 4.07. The van der Waals surface area contributed by atoms with Gasteiger partial charge in [-0.05, 0) is 26.2 Å². The predicted octanol–water partition coefficient (Wildman–Crippen LogP) is -2.19. The van der Waals surface area contributed by atoms with Crippen LogP contribution in [0.2, 0.25) is 0 Å². The molecule has 8 heavy (non-hydrogen) atoms. The van der Waals surface area contributed by atoms with Crippen LogP contribution in [0.25, 0.3) is 0 Å². The molecule has 0 aromatic rings. The minimum absolute atomic E-state index is 0. The van der Waals surface area contributed by atoms with E-state index in [0.29, 0.717) is 5.76 Å². The molecular weight excluding hydrogens is 127 g/mol. The summed E-state index contributed by atoms with van der Waals surface area (Å²) >= 11 is 0. The number of hydrogen-bond acceptors (Lipinski definition) is 1. The molecule has 0 bridgehead atoms. The summed E-state index contributed by atoms with van der Waals surface area (Å²) < 4.78 is 0. The summed E-state index contributed by atoms with van der Waals surface area (Å²) in [5.41, 5.74) is 1.07. The van der Waals surface area contributed by atoms with Gasteiger partial charge in [0.05, 0.1) is 0 Å². The quantitative estimate of drug-likeness (QED) is 0.347. The van der Waals surface area contributed by atoms with Crippen molar-refractivity contribution in [3.05, 3.63) is 11.3 Å². The van der Waals surface area contributed by atoms with Crippen molar-refractivity contribution >= 4 is 0 Å². The summed E-state index contributed by atoms with van der Waals surface area (Å²) in [6.07, 6.45) is 2.93. The summed E-state index contributed by atoms with van der Waals surface area (Å²) in [4.78, 5) is 0. The van der Waals surface area contributed by atoms with Gasteiger partial charge in [0.25, 0.3) is 0 Å². The smallest absolute Gasteiger partial charge is 0.875 e. The van der Waals surface area contributed by atoms with Gasteiger partial charge < -0.3 is 5.11 Å². The SMILES string of the molecule is CC1=C([O-])CCC1.[K+]. The zero-order valence-electron chi connectivity index (χ0n) is 5.53. The number of allylic oxidation sites excluding steroid dienone is 2. The Bertz CT molecular complexity index is 95.1. The molecule has 0 atom stereocenters. The molecule has 0 unspecified atom stereocenters. The number of hydrogen-bond donors (Lipinski definition) is 0. The number of rotatable bonds is 0. The van der Waals surface area contributed by atoms with Crippen LogP contribution in [0.3, 0.4) is 0 Å². The predicted molar refractivity (Wildman–Crippen MR) is 26.6 cm³/mol. The van der Waals surface area contributed by atoms with Gasteiger partial charge in [0, 0.05) is 0 Å². The minimum Gasteiger partial charge on any atom is -0.875 e. The maximum absolute atomic E-state index is 10.5. The van der Waals surface area contributed by atoms with Crippen molar-refractivity contribution in [2.45, 2.75) is 26.2 Å². The third-order valence-electron chi connectivity index (χ3n) is 1.43. The Labute approximate surface area is 92.6 Å². The largest absolute Gasteiger partial charge is 1.00 e. The Morgan fingerprint density at radius 1 is 1.38 bits per heavy atom. The Balaban J connectivity index is 0.000000490. The van der Waals surface area contributed by atoms with Crippen LogP contribution in [0.1, 0.15) is 26.2 Å². The standard InChI is InChI=1S/C6H10O.K/c1-5-3-2-4-6(5)7;/h7H,2-4H2,1H3;/q;+1/p-1. The third-order valence-corrected chi connectivity index (χ3v) is 1.43. The van der Waals surface area contributed by atoms with Gasteiger partial charge in [0.2, 0.25) is 0 Å². The molecule has 1 aliphatic rings. The van der Waals surface area contributed by atoms with Crippen molar-refractivity contribution < 1.29 is 56.5 Å². The average molecular weight is 136 g/mol. The van der Waals surface area contributed by atoms with Crippen molar-refractivity contribution in [2.75, 3.05) is 0 Å². The van der Waals surface area contributed by atoms with E-state index < -0.39 is 0 Å². The maximum atomic E-state index is 10.5. The van der Waals surface area contributed by atoms with E-state index in [2.05, 4.69) is 0 Å². The van der Waals surface area contributed by atoms with Crippen LogP contribution in [-0.2, 0) is 0 Å². The van der Waals surface area contributed by atoms with Gasteiger partial charge in [-0.3, -0.25) is 0 Å². The van der Waals surface area contributed by atoms with E-state index in [-0.39, 0.29) is 51.4 Å². The Morgan fingerprint density at radius 2 is 2.00 bits per heavy atom. The zero-order chi connectivity index (χ0) is 5.28. The molecular formula is C6H9KO. The van der Waals surface area contributed by atoms with Gasteiger partial charge in [0.1, 0.15) is 0 Å². The van der Waals surface area contributed by atoms with Crippen LogP contribution in [0.5, 0.6) is 0 Å². The normalized spacial score (nSPS) is 18.6. The first-order chi connectivity index (χ1) is 3.30. The fraction of sp³-hybridized carbons (Fsp3) is 0.667. The van der Waals surface area contributed by atoms with Crippen LogP contribution in [-0.4, -0.2) is 0 Å². The van der Waals surface area contributed by atoms with Gasteiger partial charge in [0.15, 0.2) is 0 Å². The molecule has 0 spiro atoms. The molecule has 0 saturated carbocycles. The summed E-state index contributed by atoms with van der Waals surface area (Å²) in [7, 11) is 0. The summed E-state index contributed by atoms with van der Waals surface area (Å²) in [5, 5.41) is 10.5. The fourth-order valence-electron chi connectivity index (χ4n) is 0.867. The van der Waals surface area contributed by atoms with E-state index >= 15 is 0 Å². The molecule has 2 heteroatoms. The van der Waals surface area contributed by atoms with E-state index in [1.165, 1.54) is 0 Å². The Kier molecular flexibility index (Phi) is 4.66. The van der Waals surface area contributed by atoms with E-state index in [1.54, 1.807) is 0 Å². The molecule has 0 aromatic heterocycles. The second-order valence-electron chi connectivity index (χ2n) is 2.06. The minimum atomic E-state index is 0. The fourth-order valence-corrected chi connectivity index (χ4v) is 0.867. The Morgan fingerprint density at radius 3 is 2.12 bits per heavy atom. The van der Waals surface area contributed by atoms with E-state index in [4.69, 9.17) is 0 Å². The topological polar surface area (TPSA) is 23.1 Å².